The third-order valence-corrected chi connectivity index (χ3v) is 3.81. The van der Waals surface area contributed by atoms with Crippen molar-refractivity contribution in [2.75, 3.05) is 39.5 Å². The van der Waals surface area contributed by atoms with Crippen LogP contribution in [0.25, 0.3) is 0 Å². The van der Waals surface area contributed by atoms with Gasteiger partial charge in [-0.3, -0.25) is 4.90 Å². The fraction of sp³-hybridized carbons (Fsp3) is 0.529. The maximum absolute atomic E-state index is 9.11. The van der Waals surface area contributed by atoms with Gasteiger partial charge in [0.1, 0.15) is 19.0 Å². The largest absolute Gasteiger partial charge is 0.492 e. The Morgan fingerprint density at radius 1 is 1.14 bits per heavy atom. The molecule has 2 N–H and O–H groups in total. The van der Waals surface area contributed by atoms with Gasteiger partial charge in [0.2, 0.25) is 0 Å². The zero-order valence-corrected chi connectivity index (χ0v) is 12.3. The predicted octanol–water partition coefficient (Wildman–Crippen LogP) is 1.11. The normalized spacial score (nSPS) is 16.3. The van der Waals surface area contributed by atoms with Crippen molar-refractivity contribution in [1.29, 1.82) is 0 Å². The van der Waals surface area contributed by atoms with Gasteiger partial charge in [0.15, 0.2) is 0 Å². The standard InChI is InChI=1S/C17H23NO3/c19-12-1-2-15-3-5-17(6-4-15)21-13-11-18-9-7-16(14-20)8-10-18/h3-6,16,19-20H,7-14H2. The molecular weight excluding hydrogens is 266 g/mol. The lowest BCUT2D eigenvalue weighted by Gasteiger charge is -2.30. The lowest BCUT2D eigenvalue weighted by Crippen LogP contribution is -2.37. The molecule has 0 spiro atoms. The number of rotatable bonds is 5. The molecule has 0 aromatic heterocycles. The molecule has 1 aliphatic heterocycles. The summed E-state index contributed by atoms with van der Waals surface area (Å²) in [5, 5.41) is 17.7. The SMILES string of the molecule is OCC#Cc1ccc(OCCN2CCC(CO)CC2)cc1. The fourth-order valence-corrected chi connectivity index (χ4v) is 2.46. The van der Waals surface area contributed by atoms with Crippen molar-refractivity contribution in [2.45, 2.75) is 12.8 Å². The number of hydrogen-bond donors (Lipinski definition) is 2. The summed E-state index contributed by atoms with van der Waals surface area (Å²) in [6.07, 6.45) is 2.16. The number of nitrogens with zero attached hydrogens (tertiary/aromatic N) is 1. The van der Waals surface area contributed by atoms with Crippen LogP contribution in [0.2, 0.25) is 0 Å². The Bertz CT molecular complexity index is 467. The molecule has 0 aliphatic carbocycles. The Balaban J connectivity index is 1.69. The molecule has 1 fully saturated rings. The molecule has 1 aromatic rings. The maximum Gasteiger partial charge on any atom is 0.119 e. The maximum atomic E-state index is 9.11. The zero-order valence-electron chi connectivity index (χ0n) is 12.3. The second kappa shape index (κ2) is 8.68. The molecule has 4 heteroatoms. The van der Waals surface area contributed by atoms with E-state index in [4.69, 9.17) is 14.9 Å². The first-order valence-corrected chi connectivity index (χ1v) is 7.47. The van der Waals surface area contributed by atoms with E-state index in [2.05, 4.69) is 16.7 Å². The topological polar surface area (TPSA) is 52.9 Å². The Labute approximate surface area is 126 Å². The van der Waals surface area contributed by atoms with Gasteiger partial charge in [-0.05, 0) is 56.1 Å². The quantitative estimate of drug-likeness (QED) is 0.798. The highest BCUT2D eigenvalue weighted by atomic mass is 16.5. The van der Waals surface area contributed by atoms with E-state index in [0.29, 0.717) is 19.1 Å². The second-order valence-electron chi connectivity index (χ2n) is 5.30. The van der Waals surface area contributed by atoms with Crippen molar-refractivity contribution >= 4 is 0 Å². The van der Waals surface area contributed by atoms with Crippen LogP contribution < -0.4 is 4.74 Å². The van der Waals surface area contributed by atoms with E-state index in [-0.39, 0.29) is 6.61 Å². The van der Waals surface area contributed by atoms with E-state index in [1.165, 1.54) is 0 Å². The van der Waals surface area contributed by atoms with Crippen molar-refractivity contribution < 1.29 is 14.9 Å². The summed E-state index contributed by atoms with van der Waals surface area (Å²) in [4.78, 5) is 2.38. The van der Waals surface area contributed by atoms with Gasteiger partial charge >= 0.3 is 0 Å². The molecule has 1 saturated heterocycles. The fourth-order valence-electron chi connectivity index (χ4n) is 2.46. The van der Waals surface area contributed by atoms with Crippen LogP contribution in [0.4, 0.5) is 0 Å². The summed E-state index contributed by atoms with van der Waals surface area (Å²) in [5.74, 6) is 6.80. The molecule has 1 aromatic carbocycles. The molecule has 1 aliphatic rings. The minimum Gasteiger partial charge on any atom is -0.492 e. The van der Waals surface area contributed by atoms with Crippen molar-refractivity contribution in [3.05, 3.63) is 29.8 Å². The molecule has 2 rings (SSSR count). The molecular formula is C17H23NO3. The Hall–Kier alpha value is -1.54. The molecule has 0 bridgehead atoms. The van der Waals surface area contributed by atoms with Gasteiger partial charge in [-0.25, -0.2) is 0 Å². The van der Waals surface area contributed by atoms with Crippen LogP contribution in [-0.4, -0.2) is 54.6 Å². The van der Waals surface area contributed by atoms with E-state index in [1.807, 2.05) is 24.3 Å². The predicted molar refractivity (Wildman–Crippen MR) is 82.2 cm³/mol. The number of hydrogen-bond acceptors (Lipinski definition) is 4. The molecule has 0 saturated carbocycles. The van der Waals surface area contributed by atoms with Crippen LogP contribution in [0.3, 0.4) is 0 Å². The lowest BCUT2D eigenvalue weighted by molar-refractivity contribution is 0.119. The highest BCUT2D eigenvalue weighted by Crippen LogP contribution is 2.16. The molecule has 0 unspecified atom stereocenters. The minimum absolute atomic E-state index is 0.120. The van der Waals surface area contributed by atoms with Crippen LogP contribution in [-0.2, 0) is 0 Å². The monoisotopic (exact) mass is 289 g/mol. The molecule has 0 amide bonds. The summed E-state index contributed by atoms with van der Waals surface area (Å²) in [6.45, 7) is 3.88. The van der Waals surface area contributed by atoms with Crippen molar-refractivity contribution in [3.8, 4) is 17.6 Å². The Morgan fingerprint density at radius 3 is 2.48 bits per heavy atom. The number of likely N-dealkylation sites (tertiary alicyclic amines) is 1. The summed E-state index contributed by atoms with van der Waals surface area (Å²) < 4.78 is 5.73. The number of aliphatic hydroxyl groups is 2. The first-order chi connectivity index (χ1) is 10.3. The van der Waals surface area contributed by atoms with Gasteiger partial charge in [0, 0.05) is 18.7 Å². The van der Waals surface area contributed by atoms with Crippen molar-refractivity contribution in [1.82, 2.24) is 4.90 Å². The van der Waals surface area contributed by atoms with Crippen molar-refractivity contribution in [3.63, 3.8) is 0 Å². The number of benzene rings is 1. The van der Waals surface area contributed by atoms with Crippen LogP contribution >= 0.6 is 0 Å². The third kappa shape index (κ3) is 5.39. The molecule has 0 atom stereocenters. The number of aliphatic hydroxyl groups excluding tert-OH is 2. The first kappa shape index (κ1) is 15.8. The van der Waals surface area contributed by atoms with Gasteiger partial charge in [0.05, 0.1) is 0 Å². The summed E-state index contributed by atoms with van der Waals surface area (Å²) in [7, 11) is 0. The number of piperidine rings is 1. The van der Waals surface area contributed by atoms with Crippen LogP contribution in [0, 0.1) is 17.8 Å². The van der Waals surface area contributed by atoms with E-state index >= 15 is 0 Å². The summed E-state index contributed by atoms with van der Waals surface area (Å²) >= 11 is 0. The average molecular weight is 289 g/mol. The molecule has 1 heterocycles. The van der Waals surface area contributed by atoms with E-state index in [0.717, 1.165) is 43.8 Å². The highest BCUT2D eigenvalue weighted by Gasteiger charge is 2.17. The van der Waals surface area contributed by atoms with Crippen molar-refractivity contribution in [2.24, 2.45) is 5.92 Å². The van der Waals surface area contributed by atoms with Gasteiger partial charge in [-0.2, -0.15) is 0 Å². The molecule has 114 valence electrons. The zero-order chi connectivity index (χ0) is 14.9. The summed E-state index contributed by atoms with van der Waals surface area (Å²) in [5.41, 5.74) is 0.877. The first-order valence-electron chi connectivity index (χ1n) is 7.47. The average Bonchev–Trinajstić information content (AvgIpc) is 2.55. The van der Waals surface area contributed by atoms with Gasteiger partial charge in [-0.1, -0.05) is 11.8 Å². The van der Waals surface area contributed by atoms with E-state index < -0.39 is 0 Å². The minimum atomic E-state index is -0.120. The van der Waals surface area contributed by atoms with E-state index in [9.17, 15) is 0 Å². The van der Waals surface area contributed by atoms with E-state index in [1.54, 1.807) is 0 Å². The lowest BCUT2D eigenvalue weighted by atomic mass is 9.98. The molecule has 4 nitrogen and oxygen atoms in total. The Morgan fingerprint density at radius 2 is 1.86 bits per heavy atom. The smallest absolute Gasteiger partial charge is 0.119 e. The van der Waals surface area contributed by atoms with Crippen LogP contribution in [0.5, 0.6) is 5.75 Å². The van der Waals surface area contributed by atoms with Gasteiger partial charge in [0.25, 0.3) is 0 Å². The highest BCUT2D eigenvalue weighted by molar-refractivity contribution is 5.38. The molecule has 21 heavy (non-hydrogen) atoms. The Kier molecular flexibility index (Phi) is 6.55. The van der Waals surface area contributed by atoms with Gasteiger partial charge < -0.3 is 14.9 Å². The van der Waals surface area contributed by atoms with Crippen LogP contribution in [0.15, 0.2) is 24.3 Å². The molecule has 0 radical (unpaired) electrons. The third-order valence-electron chi connectivity index (χ3n) is 3.81. The van der Waals surface area contributed by atoms with Crippen LogP contribution in [0.1, 0.15) is 18.4 Å². The number of ether oxygens (including phenoxy) is 1. The summed E-state index contributed by atoms with van der Waals surface area (Å²) in [6, 6.07) is 7.59. The van der Waals surface area contributed by atoms with Gasteiger partial charge in [-0.15, -0.1) is 0 Å². The second-order valence-corrected chi connectivity index (χ2v) is 5.30.